The molecule has 1 atom stereocenters. The molecule has 2 aromatic rings. The number of aromatic nitrogens is 1. The Hall–Kier alpha value is -1.01. The molecule has 1 saturated heterocycles. The van der Waals surface area contributed by atoms with E-state index in [0.29, 0.717) is 6.04 Å². The summed E-state index contributed by atoms with van der Waals surface area (Å²) in [4.78, 5) is 9.41. The predicted octanol–water partition coefficient (Wildman–Crippen LogP) is 2.18. The van der Waals surface area contributed by atoms with Gasteiger partial charge in [-0.1, -0.05) is 6.92 Å². The van der Waals surface area contributed by atoms with E-state index in [2.05, 4.69) is 39.2 Å². The Morgan fingerprint density at radius 2 is 2.14 bits per heavy atom. The molecule has 0 radical (unpaired) electrons. The zero-order valence-corrected chi connectivity index (χ0v) is 13.4. The fraction of sp³-hybridized carbons (Fsp3) is 0.562. The van der Waals surface area contributed by atoms with Gasteiger partial charge in [-0.05, 0) is 29.5 Å². The first-order chi connectivity index (χ1) is 10.3. The Balaban J connectivity index is 1.57. The second-order valence-electron chi connectivity index (χ2n) is 5.70. The zero-order chi connectivity index (χ0) is 14.7. The topological polar surface area (TPSA) is 39.6 Å². The summed E-state index contributed by atoms with van der Waals surface area (Å²) in [5, 5.41) is 11.5. The summed E-state index contributed by atoms with van der Waals surface area (Å²) < 4.78 is 1.28. The van der Waals surface area contributed by atoms with Crippen molar-refractivity contribution < 1.29 is 5.11 Å². The molecule has 1 unspecified atom stereocenters. The van der Waals surface area contributed by atoms with Gasteiger partial charge in [-0.15, -0.1) is 11.3 Å². The van der Waals surface area contributed by atoms with Crippen LogP contribution in [0.2, 0.25) is 0 Å². The van der Waals surface area contributed by atoms with Gasteiger partial charge in [-0.2, -0.15) is 0 Å². The summed E-state index contributed by atoms with van der Waals surface area (Å²) >= 11 is 1.76. The lowest BCUT2D eigenvalue weighted by Crippen LogP contribution is -2.50. The van der Waals surface area contributed by atoms with Gasteiger partial charge < -0.3 is 5.11 Å². The minimum Gasteiger partial charge on any atom is -0.395 e. The average molecular weight is 305 g/mol. The van der Waals surface area contributed by atoms with Gasteiger partial charge in [0.05, 0.1) is 16.8 Å². The van der Waals surface area contributed by atoms with Crippen LogP contribution in [0.1, 0.15) is 18.9 Å². The van der Waals surface area contributed by atoms with E-state index in [1.165, 1.54) is 10.3 Å². The van der Waals surface area contributed by atoms with Crippen molar-refractivity contribution >= 4 is 21.6 Å². The van der Waals surface area contributed by atoms with Crippen LogP contribution < -0.4 is 0 Å². The maximum absolute atomic E-state index is 9.40. The number of fused-ring (bicyclic) bond motifs is 1. The summed E-state index contributed by atoms with van der Waals surface area (Å²) in [6.07, 6.45) is 3.03. The minimum absolute atomic E-state index is 0.273. The van der Waals surface area contributed by atoms with E-state index >= 15 is 0 Å². The molecule has 1 fully saturated rings. The molecule has 0 spiro atoms. The number of thiophene rings is 1. The molecule has 3 heterocycles. The van der Waals surface area contributed by atoms with E-state index in [-0.39, 0.29) is 6.61 Å². The number of aliphatic hydroxyl groups excluding tert-OH is 1. The van der Waals surface area contributed by atoms with Crippen molar-refractivity contribution in [3.05, 3.63) is 29.3 Å². The lowest BCUT2D eigenvalue weighted by molar-refractivity contribution is 0.0608. The van der Waals surface area contributed by atoms with E-state index in [9.17, 15) is 5.11 Å². The molecule has 1 aliphatic heterocycles. The molecule has 114 valence electrons. The quantitative estimate of drug-likeness (QED) is 0.919. The average Bonchev–Trinajstić information content (AvgIpc) is 2.98. The van der Waals surface area contributed by atoms with Crippen LogP contribution in [0.15, 0.2) is 23.7 Å². The van der Waals surface area contributed by atoms with Gasteiger partial charge in [0.25, 0.3) is 0 Å². The summed E-state index contributed by atoms with van der Waals surface area (Å²) in [5.74, 6) is 0. The first kappa shape index (κ1) is 14.9. The van der Waals surface area contributed by atoms with E-state index < -0.39 is 0 Å². The SMILES string of the molecule is CCC(CO)N1CCN(Cc2cnc3ccsc3c2)CC1. The molecule has 3 rings (SSSR count). The number of hydrogen-bond acceptors (Lipinski definition) is 5. The third-order valence-electron chi connectivity index (χ3n) is 4.37. The molecule has 0 bridgehead atoms. The van der Waals surface area contributed by atoms with E-state index in [1.807, 2.05) is 6.20 Å². The number of pyridine rings is 1. The van der Waals surface area contributed by atoms with Crippen LogP contribution in [0, 0.1) is 0 Å². The molecular formula is C16H23N3OS. The number of piperazine rings is 1. The van der Waals surface area contributed by atoms with Gasteiger partial charge in [-0.25, -0.2) is 0 Å². The third-order valence-corrected chi connectivity index (χ3v) is 5.22. The van der Waals surface area contributed by atoms with E-state index in [0.717, 1.165) is 44.7 Å². The highest BCUT2D eigenvalue weighted by Crippen LogP contribution is 2.20. The van der Waals surface area contributed by atoms with Crippen molar-refractivity contribution in [2.45, 2.75) is 25.9 Å². The molecule has 4 nitrogen and oxygen atoms in total. The van der Waals surface area contributed by atoms with Crippen LogP contribution in [0.5, 0.6) is 0 Å². The van der Waals surface area contributed by atoms with Crippen LogP contribution in [0.3, 0.4) is 0 Å². The Bertz CT molecular complexity index is 574. The molecule has 2 aromatic heterocycles. The molecule has 0 amide bonds. The summed E-state index contributed by atoms with van der Waals surface area (Å²) in [6, 6.07) is 4.67. The molecule has 21 heavy (non-hydrogen) atoms. The zero-order valence-electron chi connectivity index (χ0n) is 12.5. The van der Waals surface area contributed by atoms with E-state index in [1.54, 1.807) is 11.3 Å². The Labute approximate surface area is 130 Å². The molecular weight excluding hydrogens is 282 g/mol. The second kappa shape index (κ2) is 6.83. The smallest absolute Gasteiger partial charge is 0.0809 e. The Morgan fingerprint density at radius 3 is 2.86 bits per heavy atom. The highest BCUT2D eigenvalue weighted by atomic mass is 32.1. The van der Waals surface area contributed by atoms with Gasteiger partial charge in [-0.3, -0.25) is 14.8 Å². The Morgan fingerprint density at radius 1 is 1.33 bits per heavy atom. The number of nitrogens with zero attached hydrogens (tertiary/aromatic N) is 3. The first-order valence-corrected chi connectivity index (χ1v) is 8.57. The largest absolute Gasteiger partial charge is 0.395 e. The number of hydrogen-bond donors (Lipinski definition) is 1. The maximum atomic E-state index is 9.40. The summed E-state index contributed by atoms with van der Waals surface area (Å²) in [5.41, 5.74) is 2.40. The minimum atomic E-state index is 0.273. The van der Waals surface area contributed by atoms with Crippen molar-refractivity contribution in [1.82, 2.24) is 14.8 Å². The highest BCUT2D eigenvalue weighted by molar-refractivity contribution is 7.17. The van der Waals surface area contributed by atoms with Crippen molar-refractivity contribution in [3.8, 4) is 0 Å². The summed E-state index contributed by atoms with van der Waals surface area (Å²) in [7, 11) is 0. The molecule has 5 heteroatoms. The van der Waals surface area contributed by atoms with Crippen LogP contribution in [0.4, 0.5) is 0 Å². The number of aliphatic hydroxyl groups is 1. The monoisotopic (exact) mass is 305 g/mol. The van der Waals surface area contributed by atoms with Gasteiger partial charge in [0, 0.05) is 45.0 Å². The van der Waals surface area contributed by atoms with Crippen LogP contribution in [-0.2, 0) is 6.54 Å². The maximum Gasteiger partial charge on any atom is 0.0809 e. The normalized spacial score (nSPS) is 19.1. The van der Waals surface area contributed by atoms with Crippen molar-refractivity contribution in [2.75, 3.05) is 32.8 Å². The van der Waals surface area contributed by atoms with Crippen molar-refractivity contribution in [3.63, 3.8) is 0 Å². The molecule has 0 saturated carbocycles. The van der Waals surface area contributed by atoms with Gasteiger partial charge in [0.1, 0.15) is 0 Å². The predicted molar refractivity (Wildman–Crippen MR) is 87.6 cm³/mol. The molecule has 1 aliphatic rings. The van der Waals surface area contributed by atoms with Crippen molar-refractivity contribution in [2.24, 2.45) is 0 Å². The van der Waals surface area contributed by atoms with E-state index in [4.69, 9.17) is 0 Å². The van der Waals surface area contributed by atoms with Crippen molar-refractivity contribution in [1.29, 1.82) is 0 Å². The second-order valence-corrected chi connectivity index (χ2v) is 6.65. The van der Waals surface area contributed by atoms with Gasteiger partial charge in [0.2, 0.25) is 0 Å². The first-order valence-electron chi connectivity index (χ1n) is 7.69. The van der Waals surface area contributed by atoms with Gasteiger partial charge >= 0.3 is 0 Å². The van der Waals surface area contributed by atoms with Crippen LogP contribution in [0.25, 0.3) is 10.2 Å². The standard InChI is InChI=1S/C16H23N3OS/c1-2-14(12-20)19-6-4-18(5-7-19)11-13-9-16-15(17-10-13)3-8-21-16/h3,8-10,14,20H,2,4-7,11-12H2,1H3. The Kier molecular flexibility index (Phi) is 4.85. The summed E-state index contributed by atoms with van der Waals surface area (Å²) in [6.45, 7) is 7.63. The molecule has 0 aromatic carbocycles. The van der Waals surface area contributed by atoms with Crippen LogP contribution >= 0.6 is 11.3 Å². The van der Waals surface area contributed by atoms with Gasteiger partial charge in [0.15, 0.2) is 0 Å². The number of rotatable bonds is 5. The lowest BCUT2D eigenvalue weighted by atomic mass is 10.1. The lowest BCUT2D eigenvalue weighted by Gasteiger charge is -2.38. The fourth-order valence-electron chi connectivity index (χ4n) is 3.02. The van der Waals surface area contributed by atoms with Crippen LogP contribution in [-0.4, -0.2) is 58.7 Å². The molecule has 1 N–H and O–H groups in total. The third kappa shape index (κ3) is 3.43. The fourth-order valence-corrected chi connectivity index (χ4v) is 3.83. The molecule has 0 aliphatic carbocycles. The highest BCUT2D eigenvalue weighted by Gasteiger charge is 2.22.